The number of piperidine rings is 1. The van der Waals surface area contributed by atoms with Crippen LogP contribution in [0.15, 0.2) is 66.7 Å². The first-order valence-electron chi connectivity index (χ1n) is 13.1. The molecule has 194 valence electrons. The second-order valence-corrected chi connectivity index (χ2v) is 11.1. The number of fused-ring (bicyclic) bond motifs is 2. The third kappa shape index (κ3) is 5.63. The molecule has 1 spiro atoms. The van der Waals surface area contributed by atoms with Gasteiger partial charge in [0.25, 0.3) is 0 Å². The number of rotatable bonds is 8. The number of likely N-dealkylation sites (tertiary alicyclic amines) is 1. The number of benzene rings is 3. The van der Waals surface area contributed by atoms with Crippen LogP contribution in [0.4, 0.5) is 5.69 Å². The zero-order valence-electron chi connectivity index (χ0n) is 21.6. The first-order valence-corrected chi connectivity index (χ1v) is 13.5. The summed E-state index contributed by atoms with van der Waals surface area (Å²) in [6, 6.07) is 22.8. The van der Waals surface area contributed by atoms with Crippen molar-refractivity contribution in [3.05, 3.63) is 94.0 Å². The molecular weight excluding hydrogens is 484 g/mol. The summed E-state index contributed by atoms with van der Waals surface area (Å²) < 4.78 is 5.96. The average molecular weight is 519 g/mol. The Hall–Kier alpha value is -3.02. The molecule has 0 aromatic heterocycles. The van der Waals surface area contributed by atoms with E-state index in [1.807, 2.05) is 37.3 Å². The van der Waals surface area contributed by atoms with Gasteiger partial charge in [-0.1, -0.05) is 67.1 Å². The van der Waals surface area contributed by atoms with E-state index >= 15 is 0 Å². The van der Waals surface area contributed by atoms with Gasteiger partial charge in [-0.05, 0) is 72.3 Å². The quantitative estimate of drug-likeness (QED) is 0.370. The van der Waals surface area contributed by atoms with Crippen LogP contribution in [0.5, 0.6) is 5.75 Å². The lowest BCUT2D eigenvalue weighted by atomic mass is 9.74. The Balaban J connectivity index is 1.12. The monoisotopic (exact) mass is 518 g/mol. The maximum Gasteiger partial charge on any atom is 0.303 e. The van der Waals surface area contributed by atoms with E-state index in [0.717, 1.165) is 60.9 Å². The molecule has 2 heterocycles. The van der Waals surface area contributed by atoms with E-state index in [0.29, 0.717) is 6.61 Å². The molecule has 5 rings (SSSR count). The molecule has 0 amide bonds. The van der Waals surface area contributed by atoms with Gasteiger partial charge in [-0.2, -0.15) is 0 Å². The summed E-state index contributed by atoms with van der Waals surface area (Å²) in [4.78, 5) is 15.8. The number of halogens is 1. The largest absolute Gasteiger partial charge is 0.489 e. The van der Waals surface area contributed by atoms with E-state index in [2.05, 4.69) is 53.2 Å². The smallest absolute Gasteiger partial charge is 0.303 e. The number of carboxylic acid groups (broad SMARTS) is 1. The molecule has 1 unspecified atom stereocenters. The summed E-state index contributed by atoms with van der Waals surface area (Å²) in [6.07, 6.45) is 2.44. The average Bonchev–Trinajstić information content (AvgIpc) is 3.17. The summed E-state index contributed by atoms with van der Waals surface area (Å²) in [7, 11) is 2.16. The van der Waals surface area contributed by atoms with Crippen LogP contribution >= 0.6 is 11.6 Å². The molecule has 1 atom stereocenters. The number of para-hydroxylation sites is 1. The van der Waals surface area contributed by atoms with Gasteiger partial charge in [0.15, 0.2) is 0 Å². The Kier molecular flexibility index (Phi) is 7.45. The maximum atomic E-state index is 10.9. The minimum absolute atomic E-state index is 0.0154. The van der Waals surface area contributed by atoms with Gasteiger partial charge in [0.1, 0.15) is 12.4 Å². The van der Waals surface area contributed by atoms with E-state index in [-0.39, 0.29) is 17.8 Å². The van der Waals surface area contributed by atoms with Crippen molar-refractivity contribution in [3.8, 4) is 5.75 Å². The molecule has 0 aliphatic carbocycles. The number of carboxylic acids is 1. The van der Waals surface area contributed by atoms with E-state index < -0.39 is 5.97 Å². The lowest BCUT2D eigenvalue weighted by Gasteiger charge is -2.40. The van der Waals surface area contributed by atoms with Crippen molar-refractivity contribution in [2.24, 2.45) is 0 Å². The first kappa shape index (κ1) is 25.6. The number of hydrogen-bond donors (Lipinski definition) is 1. The van der Waals surface area contributed by atoms with Gasteiger partial charge < -0.3 is 14.7 Å². The Morgan fingerprint density at radius 2 is 1.70 bits per heavy atom. The Morgan fingerprint density at radius 1 is 1.03 bits per heavy atom. The number of aliphatic carboxylic acids is 1. The van der Waals surface area contributed by atoms with Crippen LogP contribution in [0, 0.1) is 0 Å². The van der Waals surface area contributed by atoms with Crippen LogP contribution in [-0.4, -0.2) is 42.7 Å². The minimum atomic E-state index is -0.779. The second-order valence-electron chi connectivity index (χ2n) is 10.7. The third-order valence-electron chi connectivity index (χ3n) is 8.06. The van der Waals surface area contributed by atoms with Crippen molar-refractivity contribution in [2.45, 2.75) is 50.7 Å². The van der Waals surface area contributed by atoms with Gasteiger partial charge in [0.2, 0.25) is 0 Å². The second kappa shape index (κ2) is 10.8. The van der Waals surface area contributed by atoms with Gasteiger partial charge in [-0.25, -0.2) is 0 Å². The van der Waals surface area contributed by atoms with Gasteiger partial charge in [0.05, 0.1) is 17.1 Å². The molecule has 0 saturated carbocycles. The molecule has 3 aromatic rings. The SMILES string of the molecule is CC(CC(=O)O)c1ccc(OCc2ccc(CN3CCC4(CC3)CN(C)c3c(Cl)cccc34)cc2)cc1. The molecule has 1 saturated heterocycles. The fraction of sp³-hybridized carbons (Fsp3) is 0.387. The highest BCUT2D eigenvalue weighted by Crippen LogP contribution is 2.49. The van der Waals surface area contributed by atoms with Crippen LogP contribution in [0.1, 0.15) is 54.4 Å². The number of nitrogens with zero attached hydrogens (tertiary/aromatic N) is 2. The highest BCUT2D eigenvalue weighted by Gasteiger charge is 2.44. The zero-order valence-corrected chi connectivity index (χ0v) is 22.4. The van der Waals surface area contributed by atoms with Crippen LogP contribution in [-0.2, 0) is 23.4 Å². The molecule has 0 bridgehead atoms. The third-order valence-corrected chi connectivity index (χ3v) is 8.36. The summed E-state index contributed by atoms with van der Waals surface area (Å²) in [5.41, 5.74) is 6.33. The summed E-state index contributed by atoms with van der Waals surface area (Å²) in [6.45, 7) is 6.63. The fourth-order valence-corrected chi connectivity index (χ4v) is 6.27. The molecule has 0 radical (unpaired) electrons. The van der Waals surface area contributed by atoms with Crippen LogP contribution in [0.3, 0.4) is 0 Å². The Labute approximate surface area is 224 Å². The van der Waals surface area contributed by atoms with E-state index in [4.69, 9.17) is 21.4 Å². The predicted molar refractivity (Wildman–Crippen MR) is 149 cm³/mol. The highest BCUT2D eigenvalue weighted by atomic mass is 35.5. The standard InChI is InChI=1S/C31H35ClN2O3/c1-22(18-29(35)36)25-10-12-26(13-11-25)37-20-24-8-6-23(7-9-24)19-34-16-14-31(15-17-34)21-33(2)30-27(31)4-3-5-28(30)32/h3-13,22H,14-21H2,1-2H3,(H,35,36). The van der Waals surface area contributed by atoms with Crippen molar-refractivity contribution in [2.75, 3.05) is 31.6 Å². The number of likely N-dealkylation sites (N-methyl/N-ethyl adjacent to an activating group) is 1. The van der Waals surface area contributed by atoms with Gasteiger partial charge in [-0.15, -0.1) is 0 Å². The van der Waals surface area contributed by atoms with Crippen LogP contribution in [0.25, 0.3) is 0 Å². The minimum Gasteiger partial charge on any atom is -0.489 e. The van der Waals surface area contributed by atoms with Crippen molar-refractivity contribution >= 4 is 23.3 Å². The van der Waals surface area contributed by atoms with E-state index in [9.17, 15) is 4.79 Å². The van der Waals surface area contributed by atoms with Crippen molar-refractivity contribution in [1.29, 1.82) is 0 Å². The van der Waals surface area contributed by atoms with Gasteiger partial charge in [0, 0.05) is 25.6 Å². The lowest BCUT2D eigenvalue weighted by Crippen LogP contribution is -2.44. The molecule has 3 aromatic carbocycles. The number of hydrogen-bond acceptors (Lipinski definition) is 4. The van der Waals surface area contributed by atoms with Crippen LogP contribution in [0.2, 0.25) is 5.02 Å². The summed E-state index contributed by atoms with van der Waals surface area (Å²) in [5, 5.41) is 9.85. The molecule has 1 fully saturated rings. The van der Waals surface area contributed by atoms with Gasteiger partial charge >= 0.3 is 5.97 Å². The molecule has 5 nitrogen and oxygen atoms in total. The van der Waals surface area contributed by atoms with Gasteiger partial charge in [-0.3, -0.25) is 9.69 Å². The van der Waals surface area contributed by atoms with Crippen LogP contribution < -0.4 is 9.64 Å². The fourth-order valence-electron chi connectivity index (χ4n) is 5.95. The summed E-state index contributed by atoms with van der Waals surface area (Å²) >= 11 is 6.53. The maximum absolute atomic E-state index is 10.9. The molecule has 6 heteroatoms. The molecule has 1 N–H and O–H groups in total. The Bertz CT molecular complexity index is 1230. The predicted octanol–water partition coefficient (Wildman–Crippen LogP) is 6.48. The van der Waals surface area contributed by atoms with Crippen molar-refractivity contribution in [3.63, 3.8) is 0 Å². The zero-order chi connectivity index (χ0) is 26.0. The van der Waals surface area contributed by atoms with E-state index in [1.165, 1.54) is 16.8 Å². The number of anilines is 1. The first-order chi connectivity index (χ1) is 17.8. The number of carbonyl (C=O) groups is 1. The molecular formula is C31H35ClN2O3. The number of ether oxygens (including phenoxy) is 1. The topological polar surface area (TPSA) is 53.0 Å². The molecule has 37 heavy (non-hydrogen) atoms. The van der Waals surface area contributed by atoms with E-state index in [1.54, 1.807) is 0 Å². The van der Waals surface area contributed by atoms with Crippen molar-refractivity contribution < 1.29 is 14.6 Å². The lowest BCUT2D eigenvalue weighted by molar-refractivity contribution is -0.137. The normalized spacial score (nSPS) is 17.5. The Morgan fingerprint density at radius 3 is 2.38 bits per heavy atom. The van der Waals surface area contributed by atoms with Crippen molar-refractivity contribution in [1.82, 2.24) is 4.90 Å². The highest BCUT2D eigenvalue weighted by molar-refractivity contribution is 6.33. The molecule has 2 aliphatic rings. The summed E-state index contributed by atoms with van der Waals surface area (Å²) in [5.74, 6) is -0.00498. The molecule has 2 aliphatic heterocycles.